The van der Waals surface area contributed by atoms with Gasteiger partial charge in [-0.25, -0.2) is 4.39 Å². The van der Waals surface area contributed by atoms with Gasteiger partial charge in [0, 0.05) is 23.5 Å². The van der Waals surface area contributed by atoms with E-state index >= 15 is 0 Å². The van der Waals surface area contributed by atoms with E-state index in [2.05, 4.69) is 21.1 Å². The van der Waals surface area contributed by atoms with Crippen LogP contribution in [0.5, 0.6) is 0 Å². The minimum absolute atomic E-state index is 0.0268. The fourth-order valence-electron chi connectivity index (χ4n) is 1.97. The maximum absolute atomic E-state index is 13.8. The lowest BCUT2D eigenvalue weighted by molar-refractivity contribution is 0.0741. The molecule has 0 aromatic heterocycles. The van der Waals surface area contributed by atoms with Crippen LogP contribution >= 0.6 is 15.9 Å². The molecule has 1 fully saturated rings. The van der Waals surface area contributed by atoms with Gasteiger partial charge in [0.05, 0.1) is 5.56 Å². The Kier molecular flexibility index (Phi) is 4.59. The number of benzene rings is 1. The molecule has 2 rings (SSSR count). The van der Waals surface area contributed by atoms with E-state index in [1.807, 2.05) is 0 Å². The van der Waals surface area contributed by atoms with Crippen molar-refractivity contribution >= 4 is 27.7 Å². The lowest BCUT2D eigenvalue weighted by atomic mass is 10.1. The summed E-state index contributed by atoms with van der Waals surface area (Å²) in [5, 5.41) is 11.4. The largest absolute Gasteiger partial charge is 0.409 e. The highest BCUT2D eigenvalue weighted by Gasteiger charge is 2.34. The van der Waals surface area contributed by atoms with Crippen molar-refractivity contribution in [2.45, 2.75) is 25.3 Å². The topological polar surface area (TPSA) is 78.9 Å². The summed E-state index contributed by atoms with van der Waals surface area (Å²) >= 11 is 3.20. The third-order valence-corrected chi connectivity index (χ3v) is 3.82. The third-order valence-electron chi connectivity index (χ3n) is 3.16. The van der Waals surface area contributed by atoms with Crippen molar-refractivity contribution in [2.75, 3.05) is 6.54 Å². The summed E-state index contributed by atoms with van der Waals surface area (Å²) in [5.74, 6) is -0.877. The first-order valence-corrected chi connectivity index (χ1v) is 7.05. The number of nitrogens with zero attached hydrogens (tertiary/aromatic N) is 2. The summed E-state index contributed by atoms with van der Waals surface area (Å²) in [5.41, 5.74) is 5.45. The lowest BCUT2D eigenvalue weighted by Crippen LogP contribution is -2.36. The fourth-order valence-corrected chi connectivity index (χ4v) is 2.48. The number of hydrogen-bond donors (Lipinski definition) is 2. The molecule has 0 spiro atoms. The summed E-state index contributed by atoms with van der Waals surface area (Å²) in [6.45, 7) is 0.306. The predicted octanol–water partition coefficient (Wildman–Crippen LogP) is 2.33. The Bertz CT molecular complexity index is 526. The van der Waals surface area contributed by atoms with E-state index in [-0.39, 0.29) is 29.8 Å². The van der Waals surface area contributed by atoms with E-state index < -0.39 is 5.82 Å². The third kappa shape index (κ3) is 3.27. The molecule has 0 unspecified atom stereocenters. The molecule has 3 N–H and O–H groups in total. The van der Waals surface area contributed by atoms with Gasteiger partial charge >= 0.3 is 0 Å². The molecule has 1 saturated carbocycles. The Morgan fingerprint density at radius 1 is 1.55 bits per heavy atom. The van der Waals surface area contributed by atoms with Crippen LogP contribution in [-0.2, 0) is 0 Å². The zero-order valence-electron chi connectivity index (χ0n) is 10.7. The van der Waals surface area contributed by atoms with Crippen LogP contribution in [0.25, 0.3) is 0 Å². The van der Waals surface area contributed by atoms with Crippen molar-refractivity contribution in [2.24, 2.45) is 10.9 Å². The highest BCUT2D eigenvalue weighted by Crippen LogP contribution is 2.30. The normalized spacial score (nSPS) is 15.2. The van der Waals surface area contributed by atoms with Gasteiger partial charge in [0.1, 0.15) is 11.7 Å². The smallest absolute Gasteiger partial charge is 0.258 e. The molecule has 20 heavy (non-hydrogen) atoms. The molecule has 0 saturated heterocycles. The summed E-state index contributed by atoms with van der Waals surface area (Å²) in [7, 11) is 0. The van der Waals surface area contributed by atoms with E-state index in [0.29, 0.717) is 11.0 Å². The van der Waals surface area contributed by atoms with Crippen molar-refractivity contribution < 1.29 is 14.4 Å². The minimum Gasteiger partial charge on any atom is -0.409 e. The molecule has 1 aliphatic carbocycles. The number of carbonyl (C=O) groups excluding carboxylic acids is 1. The second kappa shape index (κ2) is 6.21. The van der Waals surface area contributed by atoms with Crippen LogP contribution in [0, 0.1) is 5.82 Å². The molecule has 0 bridgehead atoms. The van der Waals surface area contributed by atoms with Crippen LogP contribution in [0.15, 0.2) is 27.8 Å². The van der Waals surface area contributed by atoms with Crippen LogP contribution in [0.3, 0.4) is 0 Å². The quantitative estimate of drug-likeness (QED) is 0.372. The zero-order valence-corrected chi connectivity index (χ0v) is 12.3. The highest BCUT2D eigenvalue weighted by molar-refractivity contribution is 9.10. The molecule has 7 heteroatoms. The Balaban J connectivity index is 2.19. The number of amidine groups is 1. The van der Waals surface area contributed by atoms with Crippen molar-refractivity contribution in [3.63, 3.8) is 0 Å². The molecular formula is C13H15BrFN3O2. The van der Waals surface area contributed by atoms with Crippen molar-refractivity contribution in [1.82, 2.24) is 4.90 Å². The fraction of sp³-hybridized carbons (Fsp3) is 0.385. The maximum atomic E-state index is 13.8. The Hall–Kier alpha value is -1.63. The van der Waals surface area contributed by atoms with Crippen LogP contribution in [0.4, 0.5) is 4.39 Å². The minimum atomic E-state index is -0.557. The van der Waals surface area contributed by atoms with E-state index in [1.54, 1.807) is 11.0 Å². The molecule has 0 radical (unpaired) electrons. The standard InChI is InChI=1S/C13H15BrFN3O2/c14-9-2-1-3-10(15)12(9)13(19)18(8-4-5-8)7-6-11(16)17-20/h1-3,8,20H,4-7H2,(H2,16,17). The van der Waals surface area contributed by atoms with Gasteiger partial charge in [-0.2, -0.15) is 0 Å². The molecule has 1 amide bonds. The van der Waals surface area contributed by atoms with Gasteiger partial charge in [-0.15, -0.1) is 0 Å². The van der Waals surface area contributed by atoms with Gasteiger partial charge in [-0.05, 0) is 40.9 Å². The number of oxime groups is 1. The lowest BCUT2D eigenvalue weighted by Gasteiger charge is -2.23. The zero-order chi connectivity index (χ0) is 14.7. The summed E-state index contributed by atoms with van der Waals surface area (Å²) in [6.07, 6.45) is 2.05. The van der Waals surface area contributed by atoms with Gasteiger partial charge in [-0.3, -0.25) is 4.79 Å². The van der Waals surface area contributed by atoms with Crippen molar-refractivity contribution in [3.05, 3.63) is 34.1 Å². The molecule has 1 aliphatic rings. The van der Waals surface area contributed by atoms with E-state index in [0.717, 1.165) is 12.8 Å². The molecule has 0 heterocycles. The van der Waals surface area contributed by atoms with Gasteiger partial charge in [0.25, 0.3) is 5.91 Å². The van der Waals surface area contributed by atoms with Crippen LogP contribution < -0.4 is 5.73 Å². The highest BCUT2D eigenvalue weighted by atomic mass is 79.9. The molecule has 0 aliphatic heterocycles. The SMILES string of the molecule is N/C(CCN(C(=O)c1c(F)cccc1Br)C1CC1)=N/O. The van der Waals surface area contributed by atoms with Crippen LogP contribution in [-0.4, -0.2) is 34.4 Å². The second-order valence-electron chi connectivity index (χ2n) is 4.67. The number of carbonyl (C=O) groups is 1. The monoisotopic (exact) mass is 343 g/mol. The molecule has 1 aromatic rings. The number of hydrogen-bond acceptors (Lipinski definition) is 3. The first-order chi connectivity index (χ1) is 9.54. The summed E-state index contributed by atoms with van der Waals surface area (Å²) < 4.78 is 14.3. The molecule has 5 nitrogen and oxygen atoms in total. The van der Waals surface area contributed by atoms with Gasteiger partial charge in [0.15, 0.2) is 0 Å². The Morgan fingerprint density at radius 3 is 2.80 bits per heavy atom. The number of nitrogens with two attached hydrogens (primary N) is 1. The Morgan fingerprint density at radius 2 is 2.25 bits per heavy atom. The second-order valence-corrected chi connectivity index (χ2v) is 5.52. The molecule has 0 atom stereocenters. The Labute approximate surface area is 124 Å². The molecule has 108 valence electrons. The number of halogens is 2. The van der Waals surface area contributed by atoms with E-state index in [1.165, 1.54) is 12.1 Å². The predicted molar refractivity (Wildman–Crippen MR) is 76.2 cm³/mol. The average molecular weight is 344 g/mol. The van der Waals surface area contributed by atoms with Crippen LogP contribution in [0.1, 0.15) is 29.6 Å². The van der Waals surface area contributed by atoms with Gasteiger partial charge < -0.3 is 15.8 Å². The average Bonchev–Trinajstić information content (AvgIpc) is 3.23. The van der Waals surface area contributed by atoms with Crippen molar-refractivity contribution in [1.29, 1.82) is 0 Å². The van der Waals surface area contributed by atoms with Gasteiger partial charge in [-0.1, -0.05) is 11.2 Å². The van der Waals surface area contributed by atoms with Crippen LogP contribution in [0.2, 0.25) is 0 Å². The summed E-state index contributed by atoms with van der Waals surface area (Å²) in [6, 6.07) is 4.53. The van der Waals surface area contributed by atoms with E-state index in [9.17, 15) is 9.18 Å². The molecule has 1 aromatic carbocycles. The maximum Gasteiger partial charge on any atom is 0.258 e. The summed E-state index contributed by atoms with van der Waals surface area (Å²) in [4.78, 5) is 14.1. The van der Waals surface area contributed by atoms with E-state index in [4.69, 9.17) is 10.9 Å². The van der Waals surface area contributed by atoms with Gasteiger partial charge in [0.2, 0.25) is 0 Å². The first-order valence-electron chi connectivity index (χ1n) is 6.26. The number of amides is 1. The van der Waals surface area contributed by atoms with Crippen molar-refractivity contribution in [3.8, 4) is 0 Å². The first kappa shape index (κ1) is 14.8. The molecular weight excluding hydrogens is 329 g/mol. The number of rotatable bonds is 5.